The van der Waals surface area contributed by atoms with Crippen molar-refractivity contribution in [3.8, 4) is 0 Å². The number of hydrogen-bond donors (Lipinski definition) is 3. The van der Waals surface area contributed by atoms with Crippen LogP contribution in [0, 0.1) is 10.1 Å². The summed E-state index contributed by atoms with van der Waals surface area (Å²) < 4.78 is 0. The van der Waals surface area contributed by atoms with E-state index in [-0.39, 0.29) is 5.69 Å². The molecular formula is C14H21N3O4. The zero-order valence-electron chi connectivity index (χ0n) is 12.0. The van der Waals surface area contributed by atoms with Crippen molar-refractivity contribution < 1.29 is 15.1 Å². The average molecular weight is 295 g/mol. The van der Waals surface area contributed by atoms with Crippen LogP contribution in [-0.4, -0.2) is 51.9 Å². The molecule has 1 fully saturated rings. The molecule has 7 heteroatoms. The molecule has 0 aromatic heterocycles. The van der Waals surface area contributed by atoms with E-state index >= 15 is 0 Å². The van der Waals surface area contributed by atoms with Gasteiger partial charge in [0.1, 0.15) is 5.69 Å². The van der Waals surface area contributed by atoms with Gasteiger partial charge in [-0.1, -0.05) is 13.0 Å². The second kappa shape index (κ2) is 6.84. The van der Waals surface area contributed by atoms with Gasteiger partial charge in [-0.05, 0) is 18.1 Å². The first kappa shape index (κ1) is 15.7. The summed E-state index contributed by atoms with van der Waals surface area (Å²) in [6.07, 6.45) is -0.599. The predicted octanol–water partition coefficient (Wildman–Crippen LogP) is 0.954. The molecule has 0 radical (unpaired) electrons. The molecule has 0 aliphatic carbocycles. The van der Waals surface area contributed by atoms with E-state index in [9.17, 15) is 20.3 Å². The van der Waals surface area contributed by atoms with E-state index in [0.29, 0.717) is 31.9 Å². The van der Waals surface area contributed by atoms with Gasteiger partial charge in [-0.25, -0.2) is 0 Å². The highest BCUT2D eigenvalue weighted by atomic mass is 16.6. The zero-order chi connectivity index (χ0) is 15.4. The number of β-amino-alcohol motifs (C(OH)–C–C–N with tert-alkyl or cyclic N) is 2. The molecule has 7 nitrogen and oxygen atoms in total. The van der Waals surface area contributed by atoms with Gasteiger partial charge in [-0.15, -0.1) is 0 Å². The van der Waals surface area contributed by atoms with Gasteiger partial charge in [0.25, 0.3) is 5.69 Å². The maximum atomic E-state index is 11.2. The van der Waals surface area contributed by atoms with Crippen LogP contribution in [0.4, 0.5) is 11.4 Å². The van der Waals surface area contributed by atoms with Gasteiger partial charge < -0.3 is 15.5 Å². The van der Waals surface area contributed by atoms with Crippen molar-refractivity contribution in [2.24, 2.45) is 0 Å². The Morgan fingerprint density at radius 3 is 2.62 bits per heavy atom. The number of benzene rings is 1. The number of rotatable bonds is 6. The van der Waals surface area contributed by atoms with Gasteiger partial charge in [0.15, 0.2) is 0 Å². The molecule has 116 valence electrons. The molecular weight excluding hydrogens is 274 g/mol. The molecule has 1 aromatic carbocycles. The summed E-state index contributed by atoms with van der Waals surface area (Å²) >= 11 is 0. The highest BCUT2D eigenvalue weighted by Crippen LogP contribution is 2.26. The minimum Gasteiger partial charge on any atom is -0.389 e. The Hall–Kier alpha value is -1.70. The molecule has 0 bridgehead atoms. The molecule has 21 heavy (non-hydrogen) atoms. The van der Waals surface area contributed by atoms with Gasteiger partial charge in [0.05, 0.1) is 17.1 Å². The topological polar surface area (TPSA) is 98.9 Å². The van der Waals surface area contributed by atoms with Crippen molar-refractivity contribution in [3.63, 3.8) is 0 Å². The van der Waals surface area contributed by atoms with Crippen LogP contribution in [0.5, 0.6) is 0 Å². The number of anilines is 1. The van der Waals surface area contributed by atoms with Crippen molar-refractivity contribution in [1.82, 2.24) is 4.90 Å². The normalized spacial score (nSPS) is 22.4. The van der Waals surface area contributed by atoms with E-state index in [0.717, 1.165) is 12.0 Å². The Kier molecular flexibility index (Phi) is 5.11. The van der Waals surface area contributed by atoms with Crippen molar-refractivity contribution in [2.45, 2.75) is 32.1 Å². The maximum Gasteiger partial charge on any atom is 0.292 e. The third-order valence-electron chi connectivity index (χ3n) is 3.57. The van der Waals surface area contributed by atoms with Crippen molar-refractivity contribution in [2.75, 3.05) is 25.0 Å². The summed E-state index contributed by atoms with van der Waals surface area (Å²) in [5.74, 6) is 0. The highest BCUT2D eigenvalue weighted by molar-refractivity contribution is 5.62. The van der Waals surface area contributed by atoms with E-state index < -0.39 is 17.1 Å². The molecule has 2 unspecified atom stereocenters. The number of nitrogens with one attached hydrogen (secondary N) is 1. The lowest BCUT2D eigenvalue weighted by molar-refractivity contribution is -0.384. The Morgan fingerprint density at radius 2 is 2.05 bits per heavy atom. The van der Waals surface area contributed by atoms with Crippen LogP contribution in [0.25, 0.3) is 0 Å². The van der Waals surface area contributed by atoms with E-state index in [1.54, 1.807) is 12.1 Å². The smallest absolute Gasteiger partial charge is 0.292 e. The zero-order valence-corrected chi connectivity index (χ0v) is 12.0. The molecule has 2 atom stereocenters. The highest BCUT2D eigenvalue weighted by Gasteiger charge is 2.29. The quantitative estimate of drug-likeness (QED) is 0.534. The lowest BCUT2D eigenvalue weighted by atomic mass is 10.1. The van der Waals surface area contributed by atoms with Crippen molar-refractivity contribution in [3.05, 3.63) is 33.9 Å². The molecule has 1 aromatic rings. The second-order valence-electron chi connectivity index (χ2n) is 5.36. The van der Waals surface area contributed by atoms with Crippen LogP contribution in [0.3, 0.4) is 0 Å². The van der Waals surface area contributed by atoms with Gasteiger partial charge in [-0.2, -0.15) is 0 Å². The number of nitro benzene ring substituents is 1. The number of hydrogen-bond acceptors (Lipinski definition) is 6. The molecule has 0 saturated carbocycles. The third-order valence-corrected chi connectivity index (χ3v) is 3.57. The van der Waals surface area contributed by atoms with Gasteiger partial charge in [-0.3, -0.25) is 15.0 Å². The Bertz CT molecular complexity index is 499. The predicted molar refractivity (Wildman–Crippen MR) is 79.2 cm³/mol. The summed E-state index contributed by atoms with van der Waals surface area (Å²) in [5, 5.41) is 33.2. The van der Waals surface area contributed by atoms with Crippen LogP contribution in [-0.2, 0) is 6.54 Å². The number of aliphatic hydroxyl groups excluding tert-OH is 2. The van der Waals surface area contributed by atoms with Gasteiger partial charge in [0.2, 0.25) is 0 Å². The van der Waals surface area contributed by atoms with E-state index in [1.165, 1.54) is 0 Å². The number of nitrogens with zero attached hydrogens (tertiary/aromatic N) is 2. The van der Waals surface area contributed by atoms with Crippen molar-refractivity contribution in [1.29, 1.82) is 0 Å². The minimum absolute atomic E-state index is 0.0567. The molecule has 1 heterocycles. The fraction of sp³-hybridized carbons (Fsp3) is 0.571. The minimum atomic E-state index is -0.745. The Balaban J connectivity index is 2.10. The standard InChI is InChI=1S/C14H21N3O4/c1-2-5-15-11-4-3-10(6-12(11)17(20)21)7-16-8-13(18)14(19)9-16/h3-4,6,13-15,18-19H,2,5,7-9H2,1H3. The molecule has 0 spiro atoms. The molecule has 2 rings (SSSR count). The summed E-state index contributed by atoms with van der Waals surface area (Å²) in [6, 6.07) is 5.10. The van der Waals surface area contributed by atoms with E-state index in [1.807, 2.05) is 17.9 Å². The Labute approximate surface area is 123 Å². The summed E-state index contributed by atoms with van der Waals surface area (Å²) in [6.45, 7) is 3.92. The lowest BCUT2D eigenvalue weighted by Gasteiger charge is -2.15. The monoisotopic (exact) mass is 295 g/mol. The molecule has 1 aliphatic heterocycles. The van der Waals surface area contributed by atoms with Crippen molar-refractivity contribution >= 4 is 11.4 Å². The van der Waals surface area contributed by atoms with Crippen LogP contribution in [0.2, 0.25) is 0 Å². The summed E-state index contributed by atoms with van der Waals surface area (Å²) in [4.78, 5) is 12.6. The lowest BCUT2D eigenvalue weighted by Crippen LogP contribution is -2.22. The van der Waals surface area contributed by atoms with E-state index in [4.69, 9.17) is 0 Å². The molecule has 1 saturated heterocycles. The number of likely N-dealkylation sites (tertiary alicyclic amines) is 1. The number of nitro groups is 1. The molecule has 1 aliphatic rings. The van der Waals surface area contributed by atoms with E-state index in [2.05, 4.69) is 5.32 Å². The van der Waals surface area contributed by atoms with Gasteiger partial charge in [0, 0.05) is 32.2 Å². The second-order valence-corrected chi connectivity index (χ2v) is 5.36. The average Bonchev–Trinajstić information content (AvgIpc) is 2.75. The van der Waals surface area contributed by atoms with Crippen LogP contribution >= 0.6 is 0 Å². The third kappa shape index (κ3) is 3.90. The SMILES string of the molecule is CCCNc1ccc(CN2CC(O)C(O)C2)cc1[N+](=O)[O-]. The first-order chi connectivity index (χ1) is 10.0. The van der Waals surface area contributed by atoms with Crippen LogP contribution < -0.4 is 5.32 Å². The largest absolute Gasteiger partial charge is 0.389 e. The molecule has 0 amide bonds. The fourth-order valence-corrected chi connectivity index (χ4v) is 2.47. The Morgan fingerprint density at radius 1 is 1.38 bits per heavy atom. The fourth-order valence-electron chi connectivity index (χ4n) is 2.47. The number of aliphatic hydroxyl groups is 2. The van der Waals surface area contributed by atoms with Gasteiger partial charge >= 0.3 is 0 Å². The first-order valence-corrected chi connectivity index (χ1v) is 7.11. The molecule has 3 N–H and O–H groups in total. The summed E-state index contributed by atoms with van der Waals surface area (Å²) in [7, 11) is 0. The van der Waals surface area contributed by atoms with Crippen LogP contribution in [0.15, 0.2) is 18.2 Å². The summed E-state index contributed by atoms with van der Waals surface area (Å²) in [5.41, 5.74) is 1.37. The maximum absolute atomic E-state index is 11.2. The van der Waals surface area contributed by atoms with Crippen LogP contribution in [0.1, 0.15) is 18.9 Å². The first-order valence-electron chi connectivity index (χ1n) is 7.11.